The number of nitrogens with zero attached hydrogens (tertiary/aromatic N) is 4. The van der Waals surface area contributed by atoms with Crippen LogP contribution in [0.25, 0.3) is 11.8 Å². The molecule has 0 aliphatic rings. The molecule has 29 heavy (non-hydrogen) atoms. The van der Waals surface area contributed by atoms with E-state index in [4.69, 9.17) is 43.3 Å². The Morgan fingerprint density at radius 3 is 2.41 bits per heavy atom. The van der Waals surface area contributed by atoms with Crippen LogP contribution in [-0.2, 0) is 0 Å². The maximum Gasteiger partial charge on any atom is 0.291 e. The first-order valence-electron chi connectivity index (χ1n) is 7.85. The van der Waals surface area contributed by atoms with Crippen LogP contribution in [0.3, 0.4) is 0 Å². The fraction of sp³-hybridized carbons (Fsp3) is 0.0556. The van der Waals surface area contributed by atoms with Gasteiger partial charge in [0.2, 0.25) is 5.78 Å². The fourth-order valence-corrected chi connectivity index (χ4v) is 2.73. The monoisotopic (exact) mass is 436 g/mol. The lowest BCUT2D eigenvalue weighted by molar-refractivity contribution is -0.742. The zero-order chi connectivity index (χ0) is 21.4. The molecule has 2 aromatic carbocycles. The van der Waals surface area contributed by atoms with E-state index < -0.39 is 5.09 Å². The number of benzene rings is 2. The first kappa shape index (κ1) is 21.9. The van der Waals surface area contributed by atoms with Crippen LogP contribution in [0, 0.1) is 10.1 Å². The number of aromatic nitrogens is 3. The highest BCUT2D eigenvalue weighted by Gasteiger charge is 2.18. The van der Waals surface area contributed by atoms with Gasteiger partial charge in [0.1, 0.15) is 24.1 Å². The molecule has 0 radical (unpaired) electrons. The van der Waals surface area contributed by atoms with Gasteiger partial charge in [0.25, 0.3) is 5.09 Å². The van der Waals surface area contributed by atoms with Gasteiger partial charge in [-0.3, -0.25) is 4.79 Å². The van der Waals surface area contributed by atoms with Crippen LogP contribution < -0.4 is 4.74 Å². The summed E-state index contributed by atoms with van der Waals surface area (Å²) in [6.45, 7) is 0. The van der Waals surface area contributed by atoms with E-state index in [1.54, 1.807) is 25.3 Å². The van der Waals surface area contributed by atoms with Crippen LogP contribution in [0.4, 0.5) is 0 Å². The number of hydrogen-bond acceptors (Lipinski definition) is 6. The number of allylic oxidation sites excluding steroid dienone is 1. The molecule has 9 nitrogen and oxygen atoms in total. The molecule has 1 heterocycles. The van der Waals surface area contributed by atoms with Crippen LogP contribution in [-0.4, -0.2) is 38.0 Å². The normalized spacial score (nSPS) is 10.7. The quantitative estimate of drug-likeness (QED) is 0.276. The molecule has 0 saturated carbocycles. The van der Waals surface area contributed by atoms with E-state index in [1.807, 2.05) is 24.3 Å². The molecule has 0 bridgehead atoms. The summed E-state index contributed by atoms with van der Waals surface area (Å²) in [4.78, 5) is 25.3. The largest absolute Gasteiger partial charge is 0.497 e. The SMILES string of the molecule is COc1ccc(/C=C(/C(=O)c2ccc(Cl)cc2Cl)n2cncn2)cc1.O=[N+]([O-])O. The Bertz CT molecular complexity index is 1020. The van der Waals surface area contributed by atoms with Gasteiger partial charge in [-0.05, 0) is 42.0 Å². The third-order valence-electron chi connectivity index (χ3n) is 3.49. The van der Waals surface area contributed by atoms with Crippen LogP contribution in [0.1, 0.15) is 15.9 Å². The topological polar surface area (TPSA) is 120 Å². The number of ketones is 1. The van der Waals surface area contributed by atoms with Crippen molar-refractivity contribution in [2.45, 2.75) is 0 Å². The van der Waals surface area contributed by atoms with Gasteiger partial charge in [-0.15, -0.1) is 10.1 Å². The van der Waals surface area contributed by atoms with Crippen LogP contribution >= 0.6 is 23.2 Å². The average molecular weight is 437 g/mol. The van der Waals surface area contributed by atoms with Gasteiger partial charge in [-0.25, -0.2) is 9.67 Å². The summed E-state index contributed by atoms with van der Waals surface area (Å²) in [6, 6.07) is 12.0. The van der Waals surface area contributed by atoms with Crippen molar-refractivity contribution < 1.29 is 19.8 Å². The minimum atomic E-state index is -1.50. The Balaban J connectivity index is 0.000000687. The Hall–Kier alpha value is -3.43. The lowest BCUT2D eigenvalue weighted by Crippen LogP contribution is -2.10. The Morgan fingerprint density at radius 2 is 1.90 bits per heavy atom. The second kappa shape index (κ2) is 10.2. The summed E-state index contributed by atoms with van der Waals surface area (Å²) in [7, 11) is 1.59. The van der Waals surface area contributed by atoms with Gasteiger partial charge in [-0.1, -0.05) is 35.3 Å². The number of hydrogen-bond donors (Lipinski definition) is 1. The Labute approximate surface area is 174 Å². The zero-order valence-corrected chi connectivity index (χ0v) is 16.4. The smallest absolute Gasteiger partial charge is 0.291 e. The van der Waals surface area contributed by atoms with Crippen molar-refractivity contribution in [2.75, 3.05) is 7.11 Å². The van der Waals surface area contributed by atoms with E-state index in [0.717, 1.165) is 11.3 Å². The fourth-order valence-electron chi connectivity index (χ4n) is 2.24. The van der Waals surface area contributed by atoms with E-state index in [9.17, 15) is 4.79 Å². The number of ether oxygens (including phenoxy) is 1. The maximum absolute atomic E-state index is 13.0. The van der Waals surface area contributed by atoms with E-state index in [0.29, 0.717) is 16.3 Å². The number of methoxy groups -OCH3 is 1. The predicted octanol–water partition coefficient (Wildman–Crippen LogP) is 4.13. The van der Waals surface area contributed by atoms with Gasteiger partial charge in [0.15, 0.2) is 0 Å². The van der Waals surface area contributed by atoms with Crippen LogP contribution in [0.15, 0.2) is 55.1 Å². The molecule has 0 atom stereocenters. The van der Waals surface area contributed by atoms with E-state index >= 15 is 0 Å². The van der Waals surface area contributed by atoms with Crippen molar-refractivity contribution in [2.24, 2.45) is 0 Å². The Morgan fingerprint density at radius 1 is 1.24 bits per heavy atom. The molecule has 3 rings (SSSR count). The van der Waals surface area contributed by atoms with Gasteiger partial charge in [-0.2, -0.15) is 5.10 Å². The molecule has 3 aromatic rings. The third kappa shape index (κ3) is 6.30. The molecule has 150 valence electrons. The molecule has 11 heteroatoms. The first-order valence-corrected chi connectivity index (χ1v) is 8.61. The van der Waals surface area contributed by atoms with Crippen molar-refractivity contribution in [1.82, 2.24) is 14.8 Å². The second-order valence-corrected chi connectivity index (χ2v) is 6.18. The number of Topliss-reactive ketones (excluding diaryl/α,β-unsaturated/α-hetero) is 1. The zero-order valence-electron chi connectivity index (χ0n) is 14.9. The molecule has 0 aliphatic heterocycles. The highest BCUT2D eigenvalue weighted by atomic mass is 35.5. The number of halogens is 2. The second-order valence-electron chi connectivity index (χ2n) is 5.33. The molecular weight excluding hydrogens is 423 g/mol. The van der Waals surface area contributed by atoms with Gasteiger partial charge in [0.05, 0.1) is 12.1 Å². The van der Waals surface area contributed by atoms with Crippen molar-refractivity contribution in [3.63, 3.8) is 0 Å². The molecule has 1 N–H and O–H groups in total. The van der Waals surface area contributed by atoms with Crippen molar-refractivity contribution in [1.29, 1.82) is 0 Å². The number of carbonyl (C=O) groups is 1. The van der Waals surface area contributed by atoms with Crippen molar-refractivity contribution in [3.8, 4) is 5.75 Å². The van der Waals surface area contributed by atoms with E-state index in [-0.39, 0.29) is 10.8 Å². The summed E-state index contributed by atoms with van der Waals surface area (Å²) >= 11 is 12.1. The lowest BCUT2D eigenvalue weighted by Gasteiger charge is -2.09. The van der Waals surface area contributed by atoms with Crippen molar-refractivity contribution in [3.05, 3.63) is 86.4 Å². The lowest BCUT2D eigenvalue weighted by atomic mass is 10.1. The summed E-state index contributed by atoms with van der Waals surface area (Å²) in [5.41, 5.74) is 1.46. The maximum atomic E-state index is 13.0. The minimum Gasteiger partial charge on any atom is -0.497 e. The number of carbonyl (C=O) groups excluding carboxylic acids is 1. The summed E-state index contributed by atoms with van der Waals surface area (Å²) in [5, 5.41) is 18.4. The third-order valence-corrected chi connectivity index (χ3v) is 4.04. The Kier molecular flexibility index (Phi) is 7.70. The molecule has 1 aromatic heterocycles. The van der Waals surface area contributed by atoms with Crippen LogP contribution in [0.2, 0.25) is 10.0 Å². The van der Waals surface area contributed by atoms with Crippen molar-refractivity contribution >= 4 is 40.8 Å². The highest BCUT2D eigenvalue weighted by molar-refractivity contribution is 6.40. The summed E-state index contributed by atoms with van der Waals surface area (Å²) in [6.07, 6.45) is 4.52. The first-order chi connectivity index (χ1) is 13.8. The predicted molar refractivity (Wildman–Crippen MR) is 107 cm³/mol. The minimum absolute atomic E-state index is 0.276. The van der Waals surface area contributed by atoms with Gasteiger partial charge in [0, 0.05) is 10.6 Å². The molecule has 0 unspecified atom stereocenters. The standard InChI is InChI=1S/C18H13Cl2N3O2.HNO3/c1-25-14-5-2-12(3-6-14)8-17(23-11-21-10-22-23)18(24)15-7-4-13(19)9-16(15)20;2-1(3)4/h2-11H,1H3;(H,2,3,4)/b17-8-;. The van der Waals surface area contributed by atoms with Gasteiger partial charge < -0.3 is 9.94 Å². The average Bonchev–Trinajstić information content (AvgIpc) is 3.20. The molecule has 0 amide bonds. The van der Waals surface area contributed by atoms with Gasteiger partial charge >= 0.3 is 0 Å². The van der Waals surface area contributed by atoms with E-state index in [1.165, 1.54) is 23.4 Å². The summed E-state index contributed by atoms with van der Waals surface area (Å²) < 4.78 is 6.55. The molecule has 0 fully saturated rings. The highest BCUT2D eigenvalue weighted by Crippen LogP contribution is 2.25. The van der Waals surface area contributed by atoms with E-state index in [2.05, 4.69) is 10.1 Å². The molecule has 0 aliphatic carbocycles. The molecule has 0 spiro atoms. The number of rotatable bonds is 5. The summed E-state index contributed by atoms with van der Waals surface area (Å²) in [5.74, 6) is 0.439. The molecular formula is C18H14Cl2N4O5. The molecule has 0 saturated heterocycles. The van der Waals surface area contributed by atoms with Crippen LogP contribution in [0.5, 0.6) is 5.75 Å².